The van der Waals surface area contributed by atoms with E-state index in [1.165, 1.54) is 6.07 Å². The van der Waals surface area contributed by atoms with Crippen molar-refractivity contribution < 1.29 is 14.2 Å². The lowest BCUT2D eigenvalue weighted by atomic mass is 10.2. The zero-order chi connectivity index (χ0) is 10.6. The number of hydrogen-bond donors (Lipinski definition) is 2. The van der Waals surface area contributed by atoms with Gasteiger partial charge in [-0.15, -0.1) is 0 Å². The van der Waals surface area contributed by atoms with Crippen LogP contribution in [0, 0.1) is 12.7 Å². The molecular weight excluding hydrogens is 185 g/mol. The number of aryl methyl sites for hydroxylation is 1. The second kappa shape index (κ2) is 4.93. The molecule has 1 unspecified atom stereocenters. The van der Waals surface area contributed by atoms with Crippen LogP contribution in [0.15, 0.2) is 18.2 Å². The summed E-state index contributed by atoms with van der Waals surface area (Å²) in [6, 6.07) is 4.12. The SMILES string of the molecule is Cc1ccc(F)c(OCC(N)CO)c1. The van der Waals surface area contributed by atoms with Crippen LogP contribution in [0.4, 0.5) is 4.39 Å². The monoisotopic (exact) mass is 199 g/mol. The molecule has 4 heteroatoms. The molecule has 0 heterocycles. The Kier molecular flexibility index (Phi) is 3.85. The molecule has 0 aromatic heterocycles. The lowest BCUT2D eigenvalue weighted by Crippen LogP contribution is -2.31. The Morgan fingerprint density at radius 1 is 1.57 bits per heavy atom. The molecule has 0 radical (unpaired) electrons. The van der Waals surface area contributed by atoms with Gasteiger partial charge in [-0.1, -0.05) is 6.07 Å². The highest BCUT2D eigenvalue weighted by molar-refractivity contribution is 5.29. The summed E-state index contributed by atoms with van der Waals surface area (Å²) in [7, 11) is 0. The molecule has 14 heavy (non-hydrogen) atoms. The Morgan fingerprint density at radius 2 is 2.29 bits per heavy atom. The molecule has 0 spiro atoms. The van der Waals surface area contributed by atoms with E-state index in [-0.39, 0.29) is 19.0 Å². The summed E-state index contributed by atoms with van der Waals surface area (Å²) >= 11 is 0. The van der Waals surface area contributed by atoms with Gasteiger partial charge < -0.3 is 15.6 Å². The summed E-state index contributed by atoms with van der Waals surface area (Å²) in [6.07, 6.45) is 0. The Hall–Kier alpha value is -1.13. The van der Waals surface area contributed by atoms with Crippen LogP contribution in [-0.4, -0.2) is 24.4 Å². The standard InChI is InChI=1S/C10H14FNO2/c1-7-2-3-9(11)10(4-7)14-6-8(12)5-13/h2-4,8,13H,5-6,12H2,1H3. The van der Waals surface area contributed by atoms with Crippen molar-refractivity contribution in [1.82, 2.24) is 0 Å². The second-order valence-electron chi connectivity index (χ2n) is 3.19. The Balaban J connectivity index is 2.62. The van der Waals surface area contributed by atoms with Gasteiger partial charge in [0.25, 0.3) is 0 Å². The molecule has 0 amide bonds. The van der Waals surface area contributed by atoms with E-state index < -0.39 is 11.9 Å². The fraction of sp³-hybridized carbons (Fsp3) is 0.400. The number of ether oxygens (including phenoxy) is 1. The molecule has 1 rings (SSSR count). The molecule has 0 aliphatic rings. The van der Waals surface area contributed by atoms with Gasteiger partial charge in [-0.3, -0.25) is 0 Å². The smallest absolute Gasteiger partial charge is 0.165 e. The predicted octanol–water partition coefficient (Wildman–Crippen LogP) is 0.833. The van der Waals surface area contributed by atoms with Crippen LogP contribution in [-0.2, 0) is 0 Å². The zero-order valence-electron chi connectivity index (χ0n) is 8.03. The Bertz CT molecular complexity index is 304. The Labute approximate surface area is 82.3 Å². The van der Waals surface area contributed by atoms with Gasteiger partial charge in [0.15, 0.2) is 11.6 Å². The van der Waals surface area contributed by atoms with Crippen molar-refractivity contribution in [3.8, 4) is 5.75 Å². The van der Waals surface area contributed by atoms with Crippen molar-refractivity contribution in [2.75, 3.05) is 13.2 Å². The molecule has 1 atom stereocenters. The Morgan fingerprint density at radius 3 is 2.93 bits per heavy atom. The van der Waals surface area contributed by atoms with E-state index in [1.807, 2.05) is 6.92 Å². The van der Waals surface area contributed by atoms with E-state index in [0.717, 1.165) is 5.56 Å². The van der Waals surface area contributed by atoms with Crippen molar-refractivity contribution in [2.45, 2.75) is 13.0 Å². The minimum atomic E-state index is -0.477. The van der Waals surface area contributed by atoms with Crippen LogP contribution < -0.4 is 10.5 Å². The van der Waals surface area contributed by atoms with E-state index in [4.69, 9.17) is 15.6 Å². The van der Waals surface area contributed by atoms with Gasteiger partial charge in [0.05, 0.1) is 12.6 Å². The summed E-state index contributed by atoms with van der Waals surface area (Å²) in [5, 5.41) is 8.64. The van der Waals surface area contributed by atoms with Crippen LogP contribution >= 0.6 is 0 Å². The molecule has 1 aromatic carbocycles. The molecule has 78 valence electrons. The van der Waals surface area contributed by atoms with Gasteiger partial charge in [-0.05, 0) is 24.6 Å². The van der Waals surface area contributed by atoms with Gasteiger partial charge in [0, 0.05) is 0 Å². The third-order valence-corrected chi connectivity index (χ3v) is 1.77. The molecule has 3 N–H and O–H groups in total. The molecule has 0 saturated carbocycles. The predicted molar refractivity (Wildman–Crippen MR) is 51.7 cm³/mol. The van der Waals surface area contributed by atoms with Crippen molar-refractivity contribution in [2.24, 2.45) is 5.73 Å². The van der Waals surface area contributed by atoms with E-state index in [9.17, 15) is 4.39 Å². The maximum absolute atomic E-state index is 13.1. The summed E-state index contributed by atoms with van der Waals surface area (Å²) in [4.78, 5) is 0. The first-order valence-electron chi connectivity index (χ1n) is 4.39. The van der Waals surface area contributed by atoms with E-state index in [2.05, 4.69) is 0 Å². The maximum atomic E-state index is 13.1. The molecule has 0 aliphatic carbocycles. The van der Waals surface area contributed by atoms with Gasteiger partial charge in [-0.2, -0.15) is 0 Å². The van der Waals surface area contributed by atoms with Gasteiger partial charge in [0.2, 0.25) is 0 Å². The number of aliphatic hydroxyl groups excluding tert-OH is 1. The van der Waals surface area contributed by atoms with Crippen LogP contribution in [0.5, 0.6) is 5.75 Å². The minimum absolute atomic E-state index is 0.108. The highest BCUT2D eigenvalue weighted by atomic mass is 19.1. The molecule has 0 fully saturated rings. The summed E-state index contributed by atoms with van der Waals surface area (Å²) < 4.78 is 18.2. The molecule has 0 bridgehead atoms. The number of hydrogen-bond acceptors (Lipinski definition) is 3. The van der Waals surface area contributed by atoms with Gasteiger partial charge in [-0.25, -0.2) is 4.39 Å². The van der Waals surface area contributed by atoms with E-state index in [0.29, 0.717) is 0 Å². The number of nitrogens with two attached hydrogens (primary N) is 1. The normalized spacial score (nSPS) is 12.6. The van der Waals surface area contributed by atoms with Crippen molar-refractivity contribution in [3.63, 3.8) is 0 Å². The average molecular weight is 199 g/mol. The number of halogens is 1. The van der Waals surface area contributed by atoms with Gasteiger partial charge >= 0.3 is 0 Å². The van der Waals surface area contributed by atoms with Crippen LogP contribution in [0.3, 0.4) is 0 Å². The molecule has 1 aromatic rings. The van der Waals surface area contributed by atoms with E-state index >= 15 is 0 Å². The quantitative estimate of drug-likeness (QED) is 0.755. The third-order valence-electron chi connectivity index (χ3n) is 1.77. The molecule has 0 aliphatic heterocycles. The lowest BCUT2D eigenvalue weighted by molar-refractivity contribution is 0.202. The second-order valence-corrected chi connectivity index (χ2v) is 3.19. The largest absolute Gasteiger partial charge is 0.489 e. The minimum Gasteiger partial charge on any atom is -0.489 e. The van der Waals surface area contributed by atoms with Crippen LogP contribution in [0.2, 0.25) is 0 Å². The number of aliphatic hydroxyl groups is 1. The van der Waals surface area contributed by atoms with Crippen LogP contribution in [0.1, 0.15) is 5.56 Å². The van der Waals surface area contributed by atoms with Crippen molar-refractivity contribution in [1.29, 1.82) is 0 Å². The highest BCUT2D eigenvalue weighted by Crippen LogP contribution is 2.18. The highest BCUT2D eigenvalue weighted by Gasteiger charge is 2.06. The average Bonchev–Trinajstić information content (AvgIpc) is 2.19. The third kappa shape index (κ3) is 2.97. The van der Waals surface area contributed by atoms with Crippen molar-refractivity contribution >= 4 is 0 Å². The topological polar surface area (TPSA) is 55.5 Å². The molecule has 3 nitrogen and oxygen atoms in total. The van der Waals surface area contributed by atoms with Gasteiger partial charge in [0.1, 0.15) is 6.61 Å². The first-order valence-corrected chi connectivity index (χ1v) is 4.39. The summed E-state index contributed by atoms with van der Waals surface area (Å²) in [6.45, 7) is 1.78. The maximum Gasteiger partial charge on any atom is 0.165 e. The fourth-order valence-corrected chi connectivity index (χ4v) is 0.971. The molecular formula is C10H14FNO2. The number of benzene rings is 1. The number of rotatable bonds is 4. The zero-order valence-corrected chi connectivity index (χ0v) is 8.03. The van der Waals surface area contributed by atoms with E-state index in [1.54, 1.807) is 12.1 Å². The summed E-state index contributed by atoms with van der Waals surface area (Å²) in [5.74, 6) is -0.241. The van der Waals surface area contributed by atoms with Crippen LogP contribution in [0.25, 0.3) is 0 Å². The fourth-order valence-electron chi connectivity index (χ4n) is 0.971. The molecule has 0 saturated heterocycles. The first-order chi connectivity index (χ1) is 6.63. The lowest BCUT2D eigenvalue weighted by Gasteiger charge is -2.11. The first kappa shape index (κ1) is 10.9. The van der Waals surface area contributed by atoms with Crippen molar-refractivity contribution in [3.05, 3.63) is 29.6 Å². The summed E-state index contributed by atoms with van der Waals surface area (Å²) in [5.41, 5.74) is 6.33.